The molecule has 1 N–H and O–H groups in total. The highest BCUT2D eigenvalue weighted by Crippen LogP contribution is 2.61. The average molecular weight is 415 g/mol. The average Bonchev–Trinajstić information content (AvgIpc) is 2.73. The fourth-order valence-corrected chi connectivity index (χ4v) is 5.04. The van der Waals surface area contributed by atoms with Crippen molar-refractivity contribution in [2.45, 2.75) is 49.6 Å². The van der Waals surface area contributed by atoms with Crippen molar-refractivity contribution in [1.82, 2.24) is 9.55 Å². The number of nitrogens with zero attached hydrogens (tertiary/aromatic N) is 1. The molecule has 0 saturated carbocycles. The smallest absolute Gasteiger partial charge is 0.346 e. The molecule has 0 aromatic carbocycles. The standard InChI is InChI=1S/C13H17Cl2N2O7P/c1-6(2)23-25(20)21-5-8-9(24-25)13(14,15)11(22-8)17-4-7(3)10(18)16-12(17)19/h4,6,8-9,11H,5H2,1-3H3,(H,16,18,19)/t8-,9-,11-,25+/m1/s1. The Labute approximate surface area is 152 Å². The Bertz CT molecular complexity index is 836. The maximum absolute atomic E-state index is 12.5. The number of phosphoric ester groups is 1. The van der Waals surface area contributed by atoms with Crippen LogP contribution in [-0.4, -0.2) is 38.8 Å². The minimum atomic E-state index is -3.86. The maximum atomic E-state index is 12.5. The van der Waals surface area contributed by atoms with Gasteiger partial charge >= 0.3 is 13.5 Å². The van der Waals surface area contributed by atoms with Crippen LogP contribution in [0.1, 0.15) is 25.6 Å². The number of aryl methyl sites for hydroxylation is 1. The van der Waals surface area contributed by atoms with E-state index in [0.29, 0.717) is 0 Å². The lowest BCUT2D eigenvalue weighted by atomic mass is 10.1. The molecule has 2 aliphatic rings. The summed E-state index contributed by atoms with van der Waals surface area (Å²) in [4.78, 5) is 25.8. The van der Waals surface area contributed by atoms with Gasteiger partial charge < -0.3 is 4.74 Å². The number of fused-ring (bicyclic) bond motifs is 1. The first-order valence-corrected chi connectivity index (χ1v) is 9.72. The van der Waals surface area contributed by atoms with E-state index in [2.05, 4.69) is 4.98 Å². The maximum Gasteiger partial charge on any atom is 0.475 e. The van der Waals surface area contributed by atoms with Gasteiger partial charge in [-0.1, -0.05) is 23.2 Å². The predicted octanol–water partition coefficient (Wildman–Crippen LogP) is 1.86. The van der Waals surface area contributed by atoms with Crippen LogP contribution in [-0.2, 0) is 22.9 Å². The van der Waals surface area contributed by atoms with Crippen LogP contribution in [0, 0.1) is 6.92 Å². The lowest BCUT2D eigenvalue weighted by molar-refractivity contribution is -0.0749. The van der Waals surface area contributed by atoms with Crippen LogP contribution in [0.15, 0.2) is 15.8 Å². The Kier molecular flexibility index (Phi) is 4.96. The van der Waals surface area contributed by atoms with Gasteiger partial charge in [0.25, 0.3) is 5.56 Å². The summed E-state index contributed by atoms with van der Waals surface area (Å²) in [5.41, 5.74) is -0.999. The zero-order valence-electron chi connectivity index (χ0n) is 13.6. The van der Waals surface area contributed by atoms with E-state index in [1.165, 1.54) is 13.1 Å². The van der Waals surface area contributed by atoms with Gasteiger partial charge in [-0.05, 0) is 20.8 Å². The zero-order chi connectivity index (χ0) is 18.6. The number of nitrogens with one attached hydrogen (secondary N) is 1. The predicted molar refractivity (Wildman–Crippen MR) is 89.1 cm³/mol. The Morgan fingerprint density at radius 2 is 2.12 bits per heavy atom. The molecule has 12 heteroatoms. The number of aromatic amines is 1. The molecule has 25 heavy (non-hydrogen) atoms. The van der Waals surface area contributed by atoms with Crippen LogP contribution in [0.3, 0.4) is 0 Å². The number of rotatable bonds is 3. The Morgan fingerprint density at radius 1 is 1.44 bits per heavy atom. The van der Waals surface area contributed by atoms with Crippen molar-refractivity contribution < 1.29 is 22.9 Å². The van der Waals surface area contributed by atoms with Crippen molar-refractivity contribution >= 4 is 31.0 Å². The quantitative estimate of drug-likeness (QED) is 0.593. The van der Waals surface area contributed by atoms with Crippen LogP contribution in [0.25, 0.3) is 0 Å². The normalized spacial score (nSPS) is 34.2. The molecule has 4 atom stereocenters. The second kappa shape index (κ2) is 6.49. The van der Waals surface area contributed by atoms with E-state index in [1.54, 1.807) is 13.8 Å². The van der Waals surface area contributed by atoms with Gasteiger partial charge in [-0.2, -0.15) is 0 Å². The van der Waals surface area contributed by atoms with Crippen molar-refractivity contribution in [2.24, 2.45) is 0 Å². The van der Waals surface area contributed by atoms with E-state index in [1.807, 2.05) is 0 Å². The molecular formula is C13H17Cl2N2O7P. The number of hydrogen-bond acceptors (Lipinski definition) is 7. The largest absolute Gasteiger partial charge is 0.475 e. The number of hydrogen-bond donors (Lipinski definition) is 1. The van der Waals surface area contributed by atoms with Crippen LogP contribution < -0.4 is 11.2 Å². The van der Waals surface area contributed by atoms with E-state index < -0.39 is 47.9 Å². The van der Waals surface area contributed by atoms with Crippen molar-refractivity contribution in [2.75, 3.05) is 6.61 Å². The number of phosphoric acid groups is 1. The molecule has 2 fully saturated rings. The van der Waals surface area contributed by atoms with E-state index in [4.69, 9.17) is 41.5 Å². The summed E-state index contributed by atoms with van der Waals surface area (Å²) in [7, 11) is -3.86. The van der Waals surface area contributed by atoms with E-state index in [0.717, 1.165) is 4.57 Å². The molecular weight excluding hydrogens is 398 g/mol. The van der Waals surface area contributed by atoms with E-state index in [9.17, 15) is 14.2 Å². The monoisotopic (exact) mass is 414 g/mol. The molecule has 0 amide bonds. The molecule has 140 valence electrons. The first-order chi connectivity index (χ1) is 11.5. The van der Waals surface area contributed by atoms with Crippen molar-refractivity contribution in [3.8, 4) is 0 Å². The van der Waals surface area contributed by atoms with Gasteiger partial charge in [-0.15, -0.1) is 0 Å². The summed E-state index contributed by atoms with van der Waals surface area (Å²) in [6.07, 6.45) is -2.13. The molecule has 9 nitrogen and oxygen atoms in total. The first-order valence-electron chi connectivity index (χ1n) is 7.50. The minimum absolute atomic E-state index is 0.135. The third-order valence-electron chi connectivity index (χ3n) is 3.73. The number of halogens is 2. The van der Waals surface area contributed by atoms with Crippen LogP contribution >= 0.6 is 31.0 Å². The van der Waals surface area contributed by atoms with Gasteiger partial charge in [0, 0.05) is 11.8 Å². The SMILES string of the molecule is Cc1cn([C@@H]2O[C@@H]3CO[P@@](=O)(OC(C)C)O[C@H]3C2(Cl)Cl)c(=O)[nH]c1=O. The molecule has 3 rings (SSSR count). The molecule has 3 heterocycles. The molecule has 0 aliphatic carbocycles. The molecule has 2 aliphatic heterocycles. The van der Waals surface area contributed by atoms with Gasteiger partial charge in [-0.3, -0.25) is 27.9 Å². The molecule has 0 spiro atoms. The van der Waals surface area contributed by atoms with Gasteiger partial charge in [0.2, 0.25) is 0 Å². The number of aromatic nitrogens is 2. The summed E-state index contributed by atoms with van der Waals surface area (Å²) < 4.78 is 33.3. The Morgan fingerprint density at radius 3 is 2.76 bits per heavy atom. The Balaban J connectivity index is 1.94. The van der Waals surface area contributed by atoms with Crippen LogP contribution in [0.4, 0.5) is 0 Å². The summed E-state index contributed by atoms with van der Waals surface area (Å²) in [5, 5.41) is 0. The van der Waals surface area contributed by atoms with Crippen molar-refractivity contribution in [1.29, 1.82) is 0 Å². The fourth-order valence-electron chi connectivity index (χ4n) is 2.64. The minimum Gasteiger partial charge on any atom is -0.346 e. The number of H-pyrrole nitrogens is 1. The third-order valence-corrected chi connectivity index (χ3v) is 6.16. The highest BCUT2D eigenvalue weighted by atomic mass is 35.5. The van der Waals surface area contributed by atoms with E-state index in [-0.39, 0.29) is 12.2 Å². The molecule has 2 saturated heterocycles. The lowest BCUT2D eigenvalue weighted by Crippen LogP contribution is -2.44. The van der Waals surface area contributed by atoms with E-state index >= 15 is 0 Å². The molecule has 1 aromatic heterocycles. The van der Waals surface area contributed by atoms with Gasteiger partial charge in [0.05, 0.1) is 12.7 Å². The van der Waals surface area contributed by atoms with Gasteiger partial charge in [0.1, 0.15) is 12.2 Å². The molecule has 0 radical (unpaired) electrons. The summed E-state index contributed by atoms with van der Waals surface area (Å²) in [5.74, 6) is 0. The van der Waals surface area contributed by atoms with Gasteiger partial charge in [0.15, 0.2) is 10.6 Å². The lowest BCUT2D eigenvalue weighted by Gasteiger charge is -2.33. The van der Waals surface area contributed by atoms with Crippen LogP contribution in [0.5, 0.6) is 0 Å². The Hall–Kier alpha value is -0.670. The summed E-state index contributed by atoms with van der Waals surface area (Å²) in [6, 6.07) is 0. The highest BCUT2D eigenvalue weighted by Gasteiger charge is 2.62. The number of alkyl halides is 2. The summed E-state index contributed by atoms with van der Waals surface area (Å²) >= 11 is 12.8. The highest BCUT2D eigenvalue weighted by molar-refractivity contribution is 7.48. The summed E-state index contributed by atoms with van der Waals surface area (Å²) in [6.45, 7) is 4.72. The zero-order valence-corrected chi connectivity index (χ0v) is 16.0. The van der Waals surface area contributed by atoms with Crippen molar-refractivity contribution in [3.63, 3.8) is 0 Å². The second-order valence-corrected chi connectivity index (χ2v) is 9.12. The topological polar surface area (TPSA) is 109 Å². The van der Waals surface area contributed by atoms with Crippen molar-refractivity contribution in [3.05, 3.63) is 32.6 Å². The molecule has 0 unspecified atom stereocenters. The molecule has 1 aromatic rings. The molecule has 0 bridgehead atoms. The fraction of sp³-hybridized carbons (Fsp3) is 0.692. The second-order valence-electron chi connectivity index (χ2n) is 6.10. The van der Waals surface area contributed by atoms with Gasteiger partial charge in [-0.25, -0.2) is 9.36 Å². The number of ether oxygens (including phenoxy) is 1. The third kappa shape index (κ3) is 3.47. The van der Waals surface area contributed by atoms with Crippen LogP contribution in [0.2, 0.25) is 0 Å². The first kappa shape index (κ1) is 19.1.